The minimum Gasteiger partial charge on any atom is -0.393 e. The van der Waals surface area contributed by atoms with Gasteiger partial charge in [-0.25, -0.2) is 9.97 Å². The molecule has 16 heavy (non-hydrogen) atoms. The Kier molecular flexibility index (Phi) is 2.42. The minimum atomic E-state index is -0.187. The molecular formula is C10H9BrClN3O. The van der Waals surface area contributed by atoms with Crippen LogP contribution in [-0.4, -0.2) is 25.6 Å². The molecule has 1 N–H and O–H groups in total. The van der Waals surface area contributed by atoms with Crippen molar-refractivity contribution in [2.45, 2.75) is 24.9 Å². The smallest absolute Gasteiger partial charge is 0.155 e. The maximum absolute atomic E-state index is 9.33. The molecule has 1 aliphatic carbocycles. The number of hydrogen-bond acceptors (Lipinski definition) is 3. The van der Waals surface area contributed by atoms with Gasteiger partial charge in [0.2, 0.25) is 0 Å². The van der Waals surface area contributed by atoms with Crippen molar-refractivity contribution in [2.75, 3.05) is 0 Å². The molecule has 0 spiro atoms. The van der Waals surface area contributed by atoms with Gasteiger partial charge in [0.1, 0.15) is 15.9 Å². The average Bonchev–Trinajstić information content (AvgIpc) is 2.53. The second kappa shape index (κ2) is 3.68. The van der Waals surface area contributed by atoms with Gasteiger partial charge >= 0.3 is 0 Å². The SMILES string of the molecule is OC1CC(c2nc(Br)c3c(Cl)nccn23)C1. The van der Waals surface area contributed by atoms with E-state index in [2.05, 4.69) is 25.9 Å². The highest BCUT2D eigenvalue weighted by molar-refractivity contribution is 9.10. The fourth-order valence-corrected chi connectivity index (χ4v) is 2.98. The van der Waals surface area contributed by atoms with Crippen LogP contribution in [0.3, 0.4) is 0 Å². The van der Waals surface area contributed by atoms with Gasteiger partial charge < -0.3 is 5.11 Å². The summed E-state index contributed by atoms with van der Waals surface area (Å²) in [4.78, 5) is 8.48. The maximum Gasteiger partial charge on any atom is 0.155 e. The lowest BCUT2D eigenvalue weighted by molar-refractivity contribution is 0.0715. The lowest BCUT2D eigenvalue weighted by Crippen LogP contribution is -2.27. The predicted molar refractivity (Wildman–Crippen MR) is 63.7 cm³/mol. The molecule has 1 saturated carbocycles. The molecule has 2 heterocycles. The van der Waals surface area contributed by atoms with Crippen LogP contribution in [0.15, 0.2) is 17.0 Å². The maximum atomic E-state index is 9.33. The molecule has 0 aliphatic heterocycles. The third-order valence-corrected chi connectivity index (χ3v) is 3.80. The Morgan fingerprint density at radius 1 is 1.50 bits per heavy atom. The molecule has 0 aromatic carbocycles. The number of nitrogens with zero attached hydrogens (tertiary/aromatic N) is 3. The van der Waals surface area contributed by atoms with Crippen LogP contribution in [0.5, 0.6) is 0 Å². The standard InChI is InChI=1S/C10H9BrClN3O/c11-8-7-9(12)13-1-2-15(7)10(14-8)5-3-6(16)4-5/h1-2,5-6,16H,3-4H2. The molecule has 2 aromatic heterocycles. The van der Waals surface area contributed by atoms with Gasteiger partial charge in [-0.2, -0.15) is 0 Å². The van der Waals surface area contributed by atoms with E-state index in [1.165, 1.54) is 0 Å². The van der Waals surface area contributed by atoms with Crippen molar-refractivity contribution < 1.29 is 5.11 Å². The van der Waals surface area contributed by atoms with Gasteiger partial charge in [-0.15, -0.1) is 0 Å². The van der Waals surface area contributed by atoms with Crippen LogP contribution in [-0.2, 0) is 0 Å². The van der Waals surface area contributed by atoms with E-state index in [1.807, 2.05) is 10.6 Å². The quantitative estimate of drug-likeness (QED) is 0.880. The van der Waals surface area contributed by atoms with Gasteiger partial charge in [-0.05, 0) is 28.8 Å². The molecule has 1 aliphatic rings. The van der Waals surface area contributed by atoms with Crippen LogP contribution >= 0.6 is 27.5 Å². The van der Waals surface area contributed by atoms with Crippen molar-refractivity contribution in [3.63, 3.8) is 0 Å². The van der Waals surface area contributed by atoms with Gasteiger partial charge in [-0.1, -0.05) is 11.6 Å². The molecule has 3 rings (SSSR count). The Bertz CT molecular complexity index is 550. The van der Waals surface area contributed by atoms with Crippen LogP contribution in [0.4, 0.5) is 0 Å². The molecule has 6 heteroatoms. The number of aliphatic hydroxyl groups excluding tert-OH is 1. The zero-order chi connectivity index (χ0) is 11.3. The monoisotopic (exact) mass is 301 g/mol. The van der Waals surface area contributed by atoms with E-state index in [-0.39, 0.29) is 6.10 Å². The summed E-state index contributed by atoms with van der Waals surface area (Å²) in [6.45, 7) is 0. The number of rotatable bonds is 1. The molecule has 0 radical (unpaired) electrons. The zero-order valence-electron chi connectivity index (χ0n) is 8.27. The van der Waals surface area contributed by atoms with Crippen molar-refractivity contribution >= 4 is 33.0 Å². The molecular weight excluding hydrogens is 293 g/mol. The zero-order valence-corrected chi connectivity index (χ0v) is 10.6. The summed E-state index contributed by atoms with van der Waals surface area (Å²) in [6, 6.07) is 0. The van der Waals surface area contributed by atoms with Crippen molar-refractivity contribution in [1.29, 1.82) is 0 Å². The number of aromatic nitrogens is 3. The fourth-order valence-electron chi connectivity index (χ4n) is 2.07. The number of fused-ring (bicyclic) bond motifs is 1. The summed E-state index contributed by atoms with van der Waals surface area (Å²) in [5, 5.41) is 9.76. The minimum absolute atomic E-state index is 0.187. The van der Waals surface area contributed by atoms with Gasteiger partial charge in [0.05, 0.1) is 6.10 Å². The Balaban J connectivity index is 2.16. The van der Waals surface area contributed by atoms with E-state index < -0.39 is 0 Å². The molecule has 0 amide bonds. The Morgan fingerprint density at radius 3 is 2.94 bits per heavy atom. The first-order valence-electron chi connectivity index (χ1n) is 5.03. The van der Waals surface area contributed by atoms with Crippen molar-refractivity contribution in [2.24, 2.45) is 0 Å². The Hall–Kier alpha value is -0.650. The molecule has 1 fully saturated rings. The van der Waals surface area contributed by atoms with E-state index in [1.54, 1.807) is 6.20 Å². The normalized spacial score (nSPS) is 24.7. The van der Waals surface area contributed by atoms with E-state index in [0.717, 1.165) is 24.2 Å². The predicted octanol–water partition coefficient (Wildman–Crippen LogP) is 2.38. The van der Waals surface area contributed by atoms with Gasteiger partial charge in [0, 0.05) is 18.3 Å². The molecule has 0 saturated heterocycles. The van der Waals surface area contributed by atoms with E-state index in [0.29, 0.717) is 15.7 Å². The van der Waals surface area contributed by atoms with Crippen molar-refractivity contribution in [3.8, 4) is 0 Å². The van der Waals surface area contributed by atoms with Crippen LogP contribution in [0.1, 0.15) is 24.6 Å². The van der Waals surface area contributed by atoms with Gasteiger partial charge in [0.25, 0.3) is 0 Å². The molecule has 4 nitrogen and oxygen atoms in total. The van der Waals surface area contributed by atoms with Gasteiger partial charge in [-0.3, -0.25) is 4.40 Å². The summed E-state index contributed by atoms with van der Waals surface area (Å²) in [7, 11) is 0. The van der Waals surface area contributed by atoms with E-state index in [9.17, 15) is 5.11 Å². The summed E-state index contributed by atoms with van der Waals surface area (Å²) < 4.78 is 2.65. The Labute approximate surface area is 105 Å². The number of aliphatic hydroxyl groups is 1. The molecule has 0 unspecified atom stereocenters. The van der Waals surface area contributed by atoms with Crippen molar-refractivity contribution in [3.05, 3.63) is 28.0 Å². The molecule has 84 valence electrons. The summed E-state index contributed by atoms with van der Waals surface area (Å²) in [5.41, 5.74) is 0.792. The summed E-state index contributed by atoms with van der Waals surface area (Å²) in [5.74, 6) is 1.25. The number of imidazole rings is 1. The first kappa shape index (κ1) is 10.5. The van der Waals surface area contributed by atoms with Gasteiger partial charge in [0.15, 0.2) is 5.15 Å². The topological polar surface area (TPSA) is 50.4 Å². The first-order chi connectivity index (χ1) is 7.66. The highest BCUT2D eigenvalue weighted by atomic mass is 79.9. The number of hydrogen-bond donors (Lipinski definition) is 1. The van der Waals surface area contributed by atoms with Crippen molar-refractivity contribution in [1.82, 2.24) is 14.4 Å². The largest absolute Gasteiger partial charge is 0.393 e. The summed E-state index contributed by atoms with van der Waals surface area (Å²) in [6.07, 6.45) is 4.85. The second-order valence-corrected chi connectivity index (χ2v) is 5.13. The molecule has 0 atom stereocenters. The number of halogens is 2. The molecule has 0 bridgehead atoms. The highest BCUT2D eigenvalue weighted by Gasteiger charge is 2.32. The van der Waals surface area contributed by atoms with Crippen LogP contribution in [0.2, 0.25) is 5.15 Å². The lowest BCUT2D eigenvalue weighted by Gasteiger charge is -2.30. The van der Waals surface area contributed by atoms with E-state index in [4.69, 9.17) is 11.6 Å². The highest BCUT2D eigenvalue weighted by Crippen LogP contribution is 2.38. The first-order valence-corrected chi connectivity index (χ1v) is 6.20. The van der Waals surface area contributed by atoms with Crippen LogP contribution in [0, 0.1) is 0 Å². The van der Waals surface area contributed by atoms with Crippen LogP contribution < -0.4 is 0 Å². The lowest BCUT2D eigenvalue weighted by atomic mass is 9.82. The van der Waals surface area contributed by atoms with E-state index >= 15 is 0 Å². The second-order valence-electron chi connectivity index (χ2n) is 4.02. The molecule has 2 aromatic rings. The summed E-state index contributed by atoms with van der Waals surface area (Å²) >= 11 is 9.41. The third-order valence-electron chi connectivity index (χ3n) is 2.97. The Morgan fingerprint density at radius 2 is 2.25 bits per heavy atom. The van der Waals surface area contributed by atoms with Crippen LogP contribution in [0.25, 0.3) is 5.52 Å². The third kappa shape index (κ3) is 1.46. The fraction of sp³-hybridized carbons (Fsp3) is 0.400. The average molecular weight is 303 g/mol.